The van der Waals surface area contributed by atoms with Crippen LogP contribution in [0.1, 0.15) is 22.8 Å². The van der Waals surface area contributed by atoms with E-state index >= 15 is 0 Å². The Labute approximate surface area is 169 Å². The van der Waals surface area contributed by atoms with Crippen LogP contribution in [0.15, 0.2) is 51.9 Å². The van der Waals surface area contributed by atoms with Gasteiger partial charge in [-0.25, -0.2) is 17.1 Å². The van der Waals surface area contributed by atoms with Gasteiger partial charge >= 0.3 is 0 Å². The summed E-state index contributed by atoms with van der Waals surface area (Å²) in [4.78, 5) is 4.45. The fraction of sp³-hybridized carbons (Fsp3) is 0.300. The van der Waals surface area contributed by atoms with Gasteiger partial charge in [-0.15, -0.1) is 0 Å². The third kappa shape index (κ3) is 4.99. The first-order valence-corrected chi connectivity index (χ1v) is 10.4. The highest BCUT2D eigenvalue weighted by molar-refractivity contribution is 7.89. The quantitative estimate of drug-likeness (QED) is 0.557. The van der Waals surface area contributed by atoms with Gasteiger partial charge in [0, 0.05) is 20.0 Å². The molecule has 0 aliphatic rings. The summed E-state index contributed by atoms with van der Waals surface area (Å²) in [5.74, 6) is 0.139. The van der Waals surface area contributed by atoms with Gasteiger partial charge in [0.15, 0.2) is 24.0 Å². The second-order valence-electron chi connectivity index (χ2n) is 6.67. The molecule has 0 amide bonds. The summed E-state index contributed by atoms with van der Waals surface area (Å²) in [5.41, 5.74) is 1.56. The molecule has 1 aromatic heterocycles. The fourth-order valence-corrected chi connectivity index (χ4v) is 4.16. The summed E-state index contributed by atoms with van der Waals surface area (Å²) in [6.07, 6.45) is 0.268. The number of hydrogen-bond donors (Lipinski definition) is 0. The fourth-order valence-electron chi connectivity index (χ4n) is 2.68. The number of benzene rings is 2. The van der Waals surface area contributed by atoms with Crippen LogP contribution in [-0.4, -0.2) is 36.5 Å². The lowest BCUT2D eigenvalue weighted by atomic mass is 10.2. The average molecular weight is 419 g/mol. The van der Waals surface area contributed by atoms with Crippen molar-refractivity contribution in [3.05, 3.63) is 71.1 Å². The van der Waals surface area contributed by atoms with Crippen molar-refractivity contribution in [3.63, 3.8) is 0 Å². The van der Waals surface area contributed by atoms with Crippen molar-refractivity contribution < 1.29 is 22.1 Å². The Balaban J connectivity index is 1.60. The highest BCUT2D eigenvalue weighted by atomic mass is 32.2. The number of para-hydroxylation sites is 1. The SMILES string of the molecule is Cc1ccc(C)c(S(=O)(=O)N(C)CCc2noc(COc3ccccc3F)n2)c1. The largest absolute Gasteiger partial charge is 0.481 e. The van der Waals surface area contributed by atoms with Crippen LogP contribution >= 0.6 is 0 Å². The second kappa shape index (κ2) is 8.71. The van der Waals surface area contributed by atoms with E-state index in [1.54, 1.807) is 31.2 Å². The molecule has 0 atom stereocenters. The zero-order valence-corrected chi connectivity index (χ0v) is 17.2. The topological polar surface area (TPSA) is 85.5 Å². The first-order chi connectivity index (χ1) is 13.8. The molecule has 7 nitrogen and oxygen atoms in total. The number of nitrogens with zero attached hydrogens (tertiary/aromatic N) is 3. The number of ether oxygens (including phenoxy) is 1. The third-order valence-corrected chi connectivity index (χ3v) is 6.38. The van der Waals surface area contributed by atoms with Gasteiger partial charge in [0.2, 0.25) is 10.0 Å². The van der Waals surface area contributed by atoms with Crippen LogP contribution in [0.5, 0.6) is 5.75 Å². The standard InChI is InChI=1S/C20H22FN3O4S/c1-14-8-9-15(2)18(12-14)29(25,26)24(3)11-10-19-22-20(28-23-19)13-27-17-7-5-4-6-16(17)21/h4-9,12H,10-11,13H2,1-3H3. The lowest BCUT2D eigenvalue weighted by Gasteiger charge is -2.18. The smallest absolute Gasteiger partial charge is 0.264 e. The van der Waals surface area contributed by atoms with Gasteiger partial charge in [-0.2, -0.15) is 4.98 Å². The van der Waals surface area contributed by atoms with Crippen LogP contribution in [0.25, 0.3) is 0 Å². The number of aryl methyl sites for hydroxylation is 2. The normalized spacial score (nSPS) is 11.8. The summed E-state index contributed by atoms with van der Waals surface area (Å²) in [6, 6.07) is 11.3. The summed E-state index contributed by atoms with van der Waals surface area (Å²) in [5, 5.41) is 3.83. The van der Waals surface area contributed by atoms with Gasteiger partial charge in [0.1, 0.15) is 0 Å². The Morgan fingerprint density at radius 2 is 1.93 bits per heavy atom. The van der Waals surface area contributed by atoms with E-state index in [-0.39, 0.29) is 36.1 Å². The maximum Gasteiger partial charge on any atom is 0.264 e. The molecule has 0 aliphatic heterocycles. The minimum Gasteiger partial charge on any atom is -0.481 e. The molecule has 0 saturated carbocycles. The van der Waals surface area contributed by atoms with Crippen LogP contribution in [-0.2, 0) is 23.1 Å². The highest BCUT2D eigenvalue weighted by Gasteiger charge is 2.23. The van der Waals surface area contributed by atoms with Crippen molar-refractivity contribution in [3.8, 4) is 5.75 Å². The third-order valence-electron chi connectivity index (χ3n) is 4.38. The van der Waals surface area contributed by atoms with Crippen LogP contribution in [0, 0.1) is 19.7 Å². The summed E-state index contributed by atoms with van der Waals surface area (Å²) < 4.78 is 50.9. The zero-order chi connectivity index (χ0) is 21.0. The van der Waals surface area contributed by atoms with Gasteiger partial charge in [0.25, 0.3) is 5.89 Å². The van der Waals surface area contributed by atoms with Crippen molar-refractivity contribution in [2.24, 2.45) is 0 Å². The van der Waals surface area contributed by atoms with Crippen molar-refractivity contribution in [1.29, 1.82) is 0 Å². The van der Waals surface area contributed by atoms with E-state index in [4.69, 9.17) is 9.26 Å². The molecule has 0 bridgehead atoms. The molecule has 0 aliphatic carbocycles. The molecule has 0 saturated heterocycles. The maximum atomic E-state index is 13.6. The molecular formula is C20H22FN3O4S. The molecule has 3 rings (SSSR count). The van der Waals surface area contributed by atoms with Crippen molar-refractivity contribution in [1.82, 2.24) is 14.4 Å². The minimum atomic E-state index is -3.63. The molecule has 0 N–H and O–H groups in total. The number of rotatable bonds is 8. The van der Waals surface area contributed by atoms with Crippen LogP contribution in [0.3, 0.4) is 0 Å². The van der Waals surface area contributed by atoms with E-state index in [1.165, 1.54) is 23.5 Å². The predicted octanol–water partition coefficient (Wildman–Crippen LogP) is 3.27. The number of halogens is 1. The Hall–Kier alpha value is -2.78. The van der Waals surface area contributed by atoms with Gasteiger partial charge in [-0.1, -0.05) is 29.4 Å². The van der Waals surface area contributed by atoms with E-state index in [1.807, 2.05) is 13.0 Å². The van der Waals surface area contributed by atoms with E-state index in [9.17, 15) is 12.8 Å². The molecule has 29 heavy (non-hydrogen) atoms. The van der Waals surface area contributed by atoms with Crippen molar-refractivity contribution >= 4 is 10.0 Å². The molecule has 3 aromatic rings. The first kappa shape index (κ1) is 20.9. The lowest BCUT2D eigenvalue weighted by molar-refractivity contribution is 0.234. The van der Waals surface area contributed by atoms with Gasteiger partial charge in [-0.3, -0.25) is 0 Å². The number of aromatic nitrogens is 2. The van der Waals surface area contributed by atoms with Crippen LogP contribution < -0.4 is 4.74 Å². The molecule has 0 radical (unpaired) electrons. The molecular weight excluding hydrogens is 397 g/mol. The second-order valence-corrected chi connectivity index (χ2v) is 8.68. The molecule has 1 heterocycles. The van der Waals surface area contributed by atoms with E-state index < -0.39 is 15.8 Å². The first-order valence-electron chi connectivity index (χ1n) is 9.00. The Kier molecular flexibility index (Phi) is 6.29. The zero-order valence-electron chi connectivity index (χ0n) is 16.4. The minimum absolute atomic E-state index is 0.0788. The van der Waals surface area contributed by atoms with Gasteiger partial charge in [-0.05, 0) is 43.2 Å². The average Bonchev–Trinajstić information content (AvgIpc) is 3.15. The summed E-state index contributed by atoms with van der Waals surface area (Å²) >= 11 is 0. The Morgan fingerprint density at radius 1 is 1.17 bits per heavy atom. The Morgan fingerprint density at radius 3 is 2.69 bits per heavy atom. The molecule has 9 heteroatoms. The summed E-state index contributed by atoms with van der Waals surface area (Å²) in [7, 11) is -2.11. The van der Waals surface area contributed by atoms with Crippen molar-refractivity contribution in [2.45, 2.75) is 31.8 Å². The number of likely N-dealkylation sites (N-methyl/N-ethyl adjacent to an activating group) is 1. The molecule has 2 aromatic carbocycles. The van der Waals surface area contributed by atoms with Crippen molar-refractivity contribution in [2.75, 3.05) is 13.6 Å². The van der Waals surface area contributed by atoms with Crippen LogP contribution in [0.4, 0.5) is 4.39 Å². The van der Waals surface area contributed by atoms with Crippen LogP contribution in [0.2, 0.25) is 0 Å². The van der Waals surface area contributed by atoms with E-state index in [2.05, 4.69) is 10.1 Å². The molecule has 0 fully saturated rings. The molecule has 0 spiro atoms. The van der Waals surface area contributed by atoms with E-state index in [0.717, 1.165) is 5.56 Å². The highest BCUT2D eigenvalue weighted by Crippen LogP contribution is 2.21. The predicted molar refractivity (Wildman–Crippen MR) is 104 cm³/mol. The summed E-state index contributed by atoms with van der Waals surface area (Å²) in [6.45, 7) is 3.72. The molecule has 154 valence electrons. The Bertz CT molecular complexity index is 1100. The van der Waals surface area contributed by atoms with E-state index in [0.29, 0.717) is 11.4 Å². The maximum absolute atomic E-state index is 13.6. The number of sulfonamides is 1. The van der Waals surface area contributed by atoms with Gasteiger partial charge in [0.05, 0.1) is 4.90 Å². The van der Waals surface area contributed by atoms with Gasteiger partial charge < -0.3 is 9.26 Å². The lowest BCUT2D eigenvalue weighted by Crippen LogP contribution is -2.29. The number of hydrogen-bond acceptors (Lipinski definition) is 6. The molecule has 0 unspecified atom stereocenters. The monoisotopic (exact) mass is 419 g/mol.